The molecule has 0 aromatic heterocycles. The Hall–Kier alpha value is -2.90. The van der Waals surface area contributed by atoms with Crippen molar-refractivity contribution in [3.8, 4) is 0 Å². The van der Waals surface area contributed by atoms with Gasteiger partial charge in [-0.15, -0.1) is 0 Å². The third-order valence-electron chi connectivity index (χ3n) is 4.27. The molecule has 0 saturated carbocycles. The van der Waals surface area contributed by atoms with E-state index in [4.69, 9.17) is 11.6 Å². The molecule has 0 unspecified atom stereocenters. The molecule has 5 nitrogen and oxygen atoms in total. The minimum atomic E-state index is -4.00. The number of benzene rings is 3. The van der Waals surface area contributed by atoms with Crippen LogP contribution in [0.2, 0.25) is 5.02 Å². The average Bonchev–Trinajstić information content (AvgIpc) is 2.66. The molecule has 0 heterocycles. The number of halogens is 2. The predicted molar refractivity (Wildman–Crippen MR) is 113 cm³/mol. The van der Waals surface area contributed by atoms with E-state index in [1.54, 1.807) is 37.3 Å². The fourth-order valence-corrected chi connectivity index (χ4v) is 3.93. The van der Waals surface area contributed by atoms with E-state index >= 15 is 0 Å². The van der Waals surface area contributed by atoms with Crippen molar-refractivity contribution < 1.29 is 17.6 Å². The van der Waals surface area contributed by atoms with Crippen LogP contribution in [0.5, 0.6) is 0 Å². The number of hydrogen-bond acceptors (Lipinski definition) is 3. The summed E-state index contributed by atoms with van der Waals surface area (Å²) >= 11 is 5.92. The van der Waals surface area contributed by atoms with Crippen molar-refractivity contribution >= 4 is 38.9 Å². The van der Waals surface area contributed by atoms with Crippen molar-refractivity contribution in [3.63, 3.8) is 0 Å². The van der Waals surface area contributed by atoms with E-state index < -0.39 is 21.7 Å². The molecule has 3 rings (SSSR count). The van der Waals surface area contributed by atoms with Crippen LogP contribution < -0.4 is 10.0 Å². The largest absolute Gasteiger partial charge is 0.322 e. The van der Waals surface area contributed by atoms with Gasteiger partial charge in [0, 0.05) is 22.0 Å². The molecule has 0 radical (unpaired) electrons. The number of nitrogens with one attached hydrogen (secondary N) is 2. The van der Waals surface area contributed by atoms with Crippen molar-refractivity contribution in [3.05, 3.63) is 88.2 Å². The molecule has 0 fully saturated rings. The van der Waals surface area contributed by atoms with Gasteiger partial charge in [0.15, 0.2) is 0 Å². The molecule has 1 amide bonds. The van der Waals surface area contributed by atoms with Crippen LogP contribution in [-0.2, 0) is 10.0 Å². The second-order valence-corrected chi connectivity index (χ2v) is 8.63. The van der Waals surface area contributed by atoms with E-state index in [1.165, 1.54) is 24.3 Å². The highest BCUT2D eigenvalue weighted by Gasteiger charge is 2.17. The molecule has 0 aliphatic carbocycles. The molecule has 0 bridgehead atoms. The predicted octanol–water partition coefficient (Wildman–Crippen LogP) is 5.15. The molecule has 8 heteroatoms. The second kappa shape index (κ2) is 8.23. The first-order valence-corrected chi connectivity index (χ1v) is 10.5. The van der Waals surface area contributed by atoms with E-state index in [9.17, 15) is 17.6 Å². The Balaban J connectivity index is 1.81. The first kappa shape index (κ1) is 20.8. The van der Waals surface area contributed by atoms with Crippen molar-refractivity contribution in [2.45, 2.75) is 18.7 Å². The lowest BCUT2D eigenvalue weighted by Crippen LogP contribution is -2.15. The summed E-state index contributed by atoms with van der Waals surface area (Å²) in [4.78, 5) is 12.3. The summed E-state index contributed by atoms with van der Waals surface area (Å²) < 4.78 is 41.1. The Kier molecular flexibility index (Phi) is 5.91. The molecular weight excluding hydrogens is 415 g/mol. The lowest BCUT2D eigenvalue weighted by molar-refractivity contribution is 0.102. The molecule has 150 valence electrons. The Bertz CT molecular complexity index is 1200. The SMILES string of the molecule is Cc1ccc(S(=O)(=O)Nc2cccc(C(=O)Nc3ccc(Cl)cc3C)c2)cc1F. The number of amides is 1. The number of anilines is 2. The zero-order valence-corrected chi connectivity index (χ0v) is 17.2. The lowest BCUT2D eigenvalue weighted by Gasteiger charge is -2.11. The summed E-state index contributed by atoms with van der Waals surface area (Å²) in [6.07, 6.45) is 0. The van der Waals surface area contributed by atoms with Gasteiger partial charge in [-0.25, -0.2) is 12.8 Å². The highest BCUT2D eigenvalue weighted by molar-refractivity contribution is 7.92. The van der Waals surface area contributed by atoms with Crippen molar-refractivity contribution in [1.82, 2.24) is 0 Å². The Morgan fingerprint density at radius 1 is 0.966 bits per heavy atom. The van der Waals surface area contributed by atoms with Gasteiger partial charge in [-0.05, 0) is 73.5 Å². The number of rotatable bonds is 5. The summed E-state index contributed by atoms with van der Waals surface area (Å²) in [5.74, 6) is -1.02. The topological polar surface area (TPSA) is 75.3 Å². The molecule has 0 aliphatic rings. The molecule has 0 aliphatic heterocycles. The minimum absolute atomic E-state index is 0.187. The third kappa shape index (κ3) is 4.93. The van der Waals surface area contributed by atoms with Gasteiger partial charge in [0.05, 0.1) is 4.90 Å². The normalized spacial score (nSPS) is 11.2. The van der Waals surface area contributed by atoms with Crippen LogP contribution in [0.1, 0.15) is 21.5 Å². The van der Waals surface area contributed by atoms with Gasteiger partial charge in [-0.1, -0.05) is 23.7 Å². The van der Waals surface area contributed by atoms with Crippen LogP contribution in [0.3, 0.4) is 0 Å². The summed E-state index contributed by atoms with van der Waals surface area (Å²) in [7, 11) is -4.00. The van der Waals surface area contributed by atoms with Gasteiger partial charge in [-0.3, -0.25) is 9.52 Å². The lowest BCUT2D eigenvalue weighted by atomic mass is 10.1. The van der Waals surface area contributed by atoms with Crippen LogP contribution in [0, 0.1) is 19.7 Å². The minimum Gasteiger partial charge on any atom is -0.322 e. The number of aryl methyl sites for hydroxylation is 2. The molecule has 3 aromatic rings. The van der Waals surface area contributed by atoms with Gasteiger partial charge in [0.25, 0.3) is 15.9 Å². The Morgan fingerprint density at radius 2 is 1.72 bits per heavy atom. The van der Waals surface area contributed by atoms with Gasteiger partial charge in [0.1, 0.15) is 5.82 Å². The third-order valence-corrected chi connectivity index (χ3v) is 5.88. The molecule has 2 N–H and O–H groups in total. The molecule has 3 aromatic carbocycles. The molecule has 29 heavy (non-hydrogen) atoms. The quantitative estimate of drug-likeness (QED) is 0.585. The van der Waals surface area contributed by atoms with Crippen LogP contribution >= 0.6 is 11.6 Å². The summed E-state index contributed by atoms with van der Waals surface area (Å²) in [5, 5.41) is 3.32. The van der Waals surface area contributed by atoms with Gasteiger partial charge in [-0.2, -0.15) is 0 Å². The Morgan fingerprint density at radius 3 is 2.41 bits per heavy atom. The van der Waals surface area contributed by atoms with Crippen LogP contribution in [0.4, 0.5) is 15.8 Å². The van der Waals surface area contributed by atoms with Crippen LogP contribution in [0.25, 0.3) is 0 Å². The molecule has 0 saturated heterocycles. The van der Waals surface area contributed by atoms with Crippen molar-refractivity contribution in [2.24, 2.45) is 0 Å². The van der Waals surface area contributed by atoms with Crippen LogP contribution in [-0.4, -0.2) is 14.3 Å². The highest BCUT2D eigenvalue weighted by atomic mass is 35.5. The number of carbonyl (C=O) groups is 1. The number of carbonyl (C=O) groups excluding carboxylic acids is 1. The van der Waals surface area contributed by atoms with E-state index in [-0.39, 0.29) is 16.1 Å². The fourth-order valence-electron chi connectivity index (χ4n) is 2.64. The summed E-state index contributed by atoms with van der Waals surface area (Å²) in [5.41, 5.74) is 2.19. The van der Waals surface area contributed by atoms with Crippen molar-refractivity contribution in [2.75, 3.05) is 10.0 Å². The van der Waals surface area contributed by atoms with Gasteiger partial charge >= 0.3 is 0 Å². The smallest absolute Gasteiger partial charge is 0.261 e. The van der Waals surface area contributed by atoms with E-state index in [0.29, 0.717) is 16.3 Å². The monoisotopic (exact) mass is 432 g/mol. The highest BCUT2D eigenvalue weighted by Crippen LogP contribution is 2.22. The van der Waals surface area contributed by atoms with Crippen LogP contribution in [0.15, 0.2) is 65.6 Å². The second-order valence-electron chi connectivity index (χ2n) is 6.51. The average molecular weight is 433 g/mol. The number of hydrogen-bond donors (Lipinski definition) is 2. The zero-order chi connectivity index (χ0) is 21.2. The first-order chi connectivity index (χ1) is 13.7. The summed E-state index contributed by atoms with van der Waals surface area (Å²) in [6.45, 7) is 3.36. The summed E-state index contributed by atoms with van der Waals surface area (Å²) in [6, 6.07) is 14.8. The maximum atomic E-state index is 13.7. The maximum absolute atomic E-state index is 13.7. The van der Waals surface area contributed by atoms with E-state index in [2.05, 4.69) is 10.0 Å². The van der Waals surface area contributed by atoms with Crippen molar-refractivity contribution in [1.29, 1.82) is 0 Å². The van der Waals surface area contributed by atoms with Gasteiger partial charge in [0.2, 0.25) is 0 Å². The zero-order valence-electron chi connectivity index (χ0n) is 15.7. The fraction of sp³-hybridized carbons (Fsp3) is 0.0952. The van der Waals surface area contributed by atoms with E-state index in [0.717, 1.165) is 11.6 Å². The molecular formula is C21H18ClFN2O3S. The standard InChI is InChI=1S/C21H18ClFN2O3S/c1-13-6-8-18(12-19(13)23)29(27,28)25-17-5-3-4-15(11-17)21(26)24-20-9-7-16(22)10-14(20)2/h3-12,25H,1-2H3,(H,24,26). The van der Waals surface area contributed by atoms with Gasteiger partial charge < -0.3 is 5.32 Å². The molecule has 0 atom stereocenters. The van der Waals surface area contributed by atoms with E-state index in [1.807, 2.05) is 6.92 Å². The first-order valence-electron chi connectivity index (χ1n) is 8.62. The number of sulfonamides is 1. The maximum Gasteiger partial charge on any atom is 0.261 e. The molecule has 0 spiro atoms. The Labute approximate surface area is 173 Å².